The zero-order chi connectivity index (χ0) is 21.7. The average molecular weight is 430 g/mol. The highest BCUT2D eigenvalue weighted by Crippen LogP contribution is 2.23. The molecule has 3 rings (SSSR count). The van der Waals surface area contributed by atoms with E-state index in [9.17, 15) is 13.2 Å². The number of carbonyl (C=O) groups is 1. The van der Waals surface area contributed by atoms with Crippen molar-refractivity contribution in [2.24, 2.45) is 0 Å². The van der Waals surface area contributed by atoms with Crippen molar-refractivity contribution < 1.29 is 13.2 Å². The molecule has 1 aliphatic rings. The molecule has 0 aromatic heterocycles. The maximum absolute atomic E-state index is 13.1. The minimum Gasteiger partial charge on any atom is -0.349 e. The number of benzene rings is 2. The van der Waals surface area contributed by atoms with Gasteiger partial charge in [-0.3, -0.25) is 9.10 Å². The summed E-state index contributed by atoms with van der Waals surface area (Å²) in [7, 11) is -3.69. The molecule has 2 aromatic carbocycles. The molecule has 0 saturated carbocycles. The average Bonchev–Trinajstić information content (AvgIpc) is 2.75. The van der Waals surface area contributed by atoms with Gasteiger partial charge in [0, 0.05) is 37.3 Å². The Morgan fingerprint density at radius 1 is 1.07 bits per heavy atom. The van der Waals surface area contributed by atoms with E-state index >= 15 is 0 Å². The SMILES string of the molecule is CCN(c1ccccc1)S(=O)(=O)c1ccc(C(=O)NC2CCN(C(C)C)CC2)cc1. The highest BCUT2D eigenvalue weighted by Gasteiger charge is 2.25. The summed E-state index contributed by atoms with van der Waals surface area (Å²) >= 11 is 0. The van der Waals surface area contributed by atoms with E-state index in [1.165, 1.54) is 16.4 Å². The van der Waals surface area contributed by atoms with Crippen LogP contribution in [0.2, 0.25) is 0 Å². The first-order valence-corrected chi connectivity index (χ1v) is 12.0. The fourth-order valence-corrected chi connectivity index (χ4v) is 5.29. The number of nitrogens with zero attached hydrogens (tertiary/aromatic N) is 2. The molecule has 0 bridgehead atoms. The van der Waals surface area contributed by atoms with Gasteiger partial charge in [-0.2, -0.15) is 0 Å². The van der Waals surface area contributed by atoms with Crippen LogP contribution in [-0.2, 0) is 10.0 Å². The zero-order valence-corrected chi connectivity index (χ0v) is 18.7. The third kappa shape index (κ3) is 5.02. The van der Waals surface area contributed by atoms with Gasteiger partial charge >= 0.3 is 0 Å². The molecule has 1 amide bonds. The second-order valence-corrected chi connectivity index (χ2v) is 9.77. The van der Waals surface area contributed by atoms with E-state index < -0.39 is 10.0 Å². The number of para-hydroxylation sites is 1. The molecule has 1 saturated heterocycles. The molecule has 7 heteroatoms. The zero-order valence-electron chi connectivity index (χ0n) is 17.9. The molecule has 1 fully saturated rings. The van der Waals surface area contributed by atoms with Crippen molar-refractivity contribution in [3.05, 3.63) is 60.2 Å². The molecule has 0 aliphatic carbocycles. The van der Waals surface area contributed by atoms with Crippen LogP contribution in [0.15, 0.2) is 59.5 Å². The Labute approximate surface area is 179 Å². The largest absolute Gasteiger partial charge is 0.349 e. The first-order chi connectivity index (χ1) is 14.3. The fourth-order valence-electron chi connectivity index (χ4n) is 3.82. The number of carbonyl (C=O) groups excluding carboxylic acids is 1. The van der Waals surface area contributed by atoms with Crippen LogP contribution in [-0.4, -0.2) is 50.9 Å². The van der Waals surface area contributed by atoms with Crippen LogP contribution in [0.4, 0.5) is 5.69 Å². The Morgan fingerprint density at radius 3 is 2.20 bits per heavy atom. The van der Waals surface area contributed by atoms with Crippen molar-refractivity contribution in [3.8, 4) is 0 Å². The third-order valence-corrected chi connectivity index (χ3v) is 7.55. The molecule has 162 valence electrons. The number of hydrogen-bond donors (Lipinski definition) is 1. The first kappa shape index (κ1) is 22.3. The number of nitrogens with one attached hydrogen (secondary N) is 1. The molecular formula is C23H31N3O3S. The van der Waals surface area contributed by atoms with Crippen LogP contribution in [0.3, 0.4) is 0 Å². The summed E-state index contributed by atoms with van der Waals surface area (Å²) in [6.45, 7) is 8.46. The summed E-state index contributed by atoms with van der Waals surface area (Å²) in [5.41, 5.74) is 1.09. The molecule has 1 aliphatic heterocycles. The summed E-state index contributed by atoms with van der Waals surface area (Å²) in [5, 5.41) is 3.09. The van der Waals surface area contributed by atoms with Crippen LogP contribution in [0, 0.1) is 0 Å². The summed E-state index contributed by atoms with van der Waals surface area (Å²) in [4.78, 5) is 15.2. The van der Waals surface area contributed by atoms with Gasteiger partial charge in [-0.15, -0.1) is 0 Å². The number of likely N-dealkylation sites (tertiary alicyclic amines) is 1. The smallest absolute Gasteiger partial charge is 0.264 e. The Morgan fingerprint density at radius 2 is 1.67 bits per heavy atom. The van der Waals surface area contributed by atoms with Crippen LogP contribution in [0.1, 0.15) is 44.0 Å². The molecular weight excluding hydrogens is 398 g/mol. The lowest BCUT2D eigenvalue weighted by Gasteiger charge is -2.34. The standard InChI is InChI=1S/C23H31N3O3S/c1-4-26(21-8-6-5-7-9-21)30(28,29)22-12-10-19(11-13-22)23(27)24-20-14-16-25(17-15-20)18(2)3/h5-13,18,20H,4,14-17H2,1-3H3,(H,24,27). The van der Waals surface area contributed by atoms with Crippen LogP contribution >= 0.6 is 0 Å². The summed E-state index contributed by atoms with van der Waals surface area (Å²) in [6, 6.07) is 15.9. The van der Waals surface area contributed by atoms with Crippen molar-refractivity contribution in [3.63, 3.8) is 0 Å². The van der Waals surface area contributed by atoms with Crippen molar-refractivity contribution >= 4 is 21.6 Å². The van der Waals surface area contributed by atoms with E-state index in [-0.39, 0.29) is 16.8 Å². The lowest BCUT2D eigenvalue weighted by atomic mass is 10.0. The number of anilines is 1. The highest BCUT2D eigenvalue weighted by molar-refractivity contribution is 7.92. The van der Waals surface area contributed by atoms with Crippen LogP contribution in [0.5, 0.6) is 0 Å². The quantitative estimate of drug-likeness (QED) is 0.731. The molecule has 0 atom stereocenters. The second kappa shape index (κ2) is 9.62. The minimum atomic E-state index is -3.69. The number of hydrogen-bond acceptors (Lipinski definition) is 4. The molecule has 0 unspecified atom stereocenters. The molecule has 0 spiro atoms. The molecule has 1 heterocycles. The normalized spacial score (nSPS) is 15.9. The van der Waals surface area contributed by atoms with Crippen LogP contribution in [0.25, 0.3) is 0 Å². The monoisotopic (exact) mass is 429 g/mol. The highest BCUT2D eigenvalue weighted by atomic mass is 32.2. The van der Waals surface area contributed by atoms with Gasteiger partial charge in [0.05, 0.1) is 10.6 Å². The van der Waals surface area contributed by atoms with Gasteiger partial charge in [0.2, 0.25) is 0 Å². The first-order valence-electron chi connectivity index (χ1n) is 10.6. The van der Waals surface area contributed by atoms with Gasteiger partial charge in [-0.1, -0.05) is 18.2 Å². The van der Waals surface area contributed by atoms with Crippen molar-refractivity contribution in [2.45, 2.75) is 50.6 Å². The minimum absolute atomic E-state index is 0.155. The van der Waals surface area contributed by atoms with Gasteiger partial charge in [0.25, 0.3) is 15.9 Å². The number of rotatable bonds is 7. The van der Waals surface area contributed by atoms with Gasteiger partial charge in [0.15, 0.2) is 0 Å². The van der Waals surface area contributed by atoms with E-state index in [0.717, 1.165) is 25.9 Å². The van der Waals surface area contributed by atoms with Crippen LogP contribution < -0.4 is 9.62 Å². The van der Waals surface area contributed by atoms with Gasteiger partial charge in [-0.25, -0.2) is 8.42 Å². The lowest BCUT2D eigenvalue weighted by molar-refractivity contribution is 0.0900. The summed E-state index contributed by atoms with van der Waals surface area (Å²) < 4.78 is 27.5. The van der Waals surface area contributed by atoms with Gasteiger partial charge in [-0.05, 0) is 70.0 Å². The fraction of sp³-hybridized carbons (Fsp3) is 0.435. The van der Waals surface area contributed by atoms with Crippen molar-refractivity contribution in [1.29, 1.82) is 0 Å². The van der Waals surface area contributed by atoms with E-state index in [4.69, 9.17) is 0 Å². The van der Waals surface area contributed by atoms with Crippen molar-refractivity contribution in [1.82, 2.24) is 10.2 Å². The predicted octanol–water partition coefficient (Wildman–Crippen LogP) is 3.50. The molecule has 6 nitrogen and oxygen atoms in total. The second-order valence-electron chi connectivity index (χ2n) is 7.91. The third-order valence-electron chi connectivity index (χ3n) is 5.63. The topological polar surface area (TPSA) is 69.7 Å². The molecule has 0 radical (unpaired) electrons. The van der Waals surface area contributed by atoms with Gasteiger partial charge < -0.3 is 10.2 Å². The maximum Gasteiger partial charge on any atom is 0.264 e. The lowest BCUT2D eigenvalue weighted by Crippen LogP contribution is -2.46. The Kier molecular flexibility index (Phi) is 7.15. The van der Waals surface area contributed by atoms with E-state index in [2.05, 4.69) is 24.1 Å². The summed E-state index contributed by atoms with van der Waals surface area (Å²) in [6.07, 6.45) is 1.86. The Hall–Kier alpha value is -2.38. The van der Waals surface area contributed by atoms with Crippen molar-refractivity contribution in [2.75, 3.05) is 23.9 Å². The summed E-state index contributed by atoms with van der Waals surface area (Å²) in [5.74, 6) is -0.155. The van der Waals surface area contributed by atoms with E-state index in [1.54, 1.807) is 31.2 Å². The Bertz CT molecular complexity index is 935. The van der Waals surface area contributed by atoms with Gasteiger partial charge in [0.1, 0.15) is 0 Å². The molecule has 30 heavy (non-hydrogen) atoms. The maximum atomic E-state index is 13.1. The molecule has 1 N–H and O–H groups in total. The Balaban J connectivity index is 1.67. The number of piperidine rings is 1. The van der Waals surface area contributed by atoms with E-state index in [1.807, 2.05) is 18.2 Å². The number of amides is 1. The predicted molar refractivity (Wildman–Crippen MR) is 120 cm³/mol. The number of sulfonamides is 1. The molecule has 2 aromatic rings. The van der Waals surface area contributed by atoms with E-state index in [0.29, 0.717) is 23.8 Å².